The topological polar surface area (TPSA) is 264 Å². The van der Waals surface area contributed by atoms with Gasteiger partial charge >= 0.3 is 12.2 Å². The molecule has 0 spiro atoms. The molecule has 16 heteroatoms. The normalized spacial score (nSPS) is 15.9. The van der Waals surface area contributed by atoms with Crippen LogP contribution in [-0.4, -0.2) is 61.2 Å². The molecule has 0 bridgehead atoms. The lowest BCUT2D eigenvalue weighted by molar-refractivity contribution is -0.124. The Morgan fingerprint density at radius 2 is 0.957 bits per heavy atom. The lowest BCUT2D eigenvalue weighted by Crippen LogP contribution is -2.41. The molecule has 46 heavy (non-hydrogen) atoms. The van der Waals surface area contributed by atoms with Gasteiger partial charge in [-0.2, -0.15) is 0 Å². The number of hydrogen-bond acceptors (Lipinski definition) is 8. The minimum Gasteiger partial charge on any atom is -0.439 e. The quantitative estimate of drug-likeness (QED) is 0.121. The summed E-state index contributed by atoms with van der Waals surface area (Å²) in [5, 5.41) is 11.0. The molecule has 0 saturated heterocycles. The summed E-state index contributed by atoms with van der Waals surface area (Å²) in [5.74, 6) is -0.960. The Bertz CT molecular complexity index is 1260. The number of amides is 4. The Hall–Kier alpha value is -5.54. The Morgan fingerprint density at radius 1 is 0.609 bits per heavy atom. The van der Waals surface area contributed by atoms with Crippen molar-refractivity contribution in [2.24, 2.45) is 32.9 Å². The monoisotopic (exact) mass is 638 g/mol. The maximum absolute atomic E-state index is 12.3. The third-order valence-corrected chi connectivity index (χ3v) is 6.89. The van der Waals surface area contributed by atoms with Crippen molar-refractivity contribution < 1.29 is 28.7 Å². The van der Waals surface area contributed by atoms with Gasteiger partial charge in [0.1, 0.15) is 0 Å². The summed E-state index contributed by atoms with van der Waals surface area (Å²) >= 11 is 0. The number of rotatable bonds is 12. The summed E-state index contributed by atoms with van der Waals surface area (Å²) in [6.07, 6.45) is 2.86. The van der Waals surface area contributed by atoms with Crippen molar-refractivity contribution in [2.75, 3.05) is 13.2 Å². The van der Waals surface area contributed by atoms with E-state index in [2.05, 4.69) is 31.3 Å². The smallest absolute Gasteiger partial charge is 0.407 e. The molecule has 0 heterocycles. The molecule has 2 aromatic rings. The summed E-state index contributed by atoms with van der Waals surface area (Å²) in [6, 6.07) is 13.7. The van der Waals surface area contributed by atoms with Crippen LogP contribution in [0, 0.1) is 0 Å². The van der Waals surface area contributed by atoms with Crippen molar-refractivity contribution in [1.82, 2.24) is 21.3 Å². The van der Waals surface area contributed by atoms with E-state index in [1.807, 2.05) is 0 Å². The van der Waals surface area contributed by atoms with E-state index in [-0.39, 0.29) is 37.1 Å². The van der Waals surface area contributed by atoms with Crippen LogP contribution in [0.2, 0.25) is 0 Å². The molecule has 1 aliphatic carbocycles. The summed E-state index contributed by atoms with van der Waals surface area (Å²) < 4.78 is 10.2. The van der Waals surface area contributed by atoms with Crippen molar-refractivity contribution >= 4 is 47.3 Å². The first-order valence-electron chi connectivity index (χ1n) is 14.8. The zero-order valence-corrected chi connectivity index (χ0v) is 25.5. The molecule has 0 aromatic heterocycles. The van der Waals surface area contributed by atoms with Crippen LogP contribution in [0.5, 0.6) is 0 Å². The minimum atomic E-state index is -0.665. The summed E-state index contributed by atoms with van der Waals surface area (Å²) in [5.41, 5.74) is 24.2. The first-order valence-corrected chi connectivity index (χ1v) is 14.8. The van der Waals surface area contributed by atoms with E-state index in [4.69, 9.17) is 32.4 Å². The number of ether oxygens (including phenoxy) is 2. The van der Waals surface area contributed by atoms with Crippen molar-refractivity contribution in [2.45, 2.75) is 63.7 Å². The van der Waals surface area contributed by atoms with Crippen LogP contribution in [-0.2, 0) is 32.2 Å². The zero-order chi connectivity index (χ0) is 33.3. The number of carbonyl (C=O) groups is 4. The van der Waals surface area contributed by atoms with Gasteiger partial charge in [-0.3, -0.25) is 9.59 Å². The Balaban J connectivity index is 1.26. The van der Waals surface area contributed by atoms with E-state index < -0.39 is 37.2 Å². The fourth-order valence-corrected chi connectivity index (χ4v) is 4.66. The molecule has 1 aliphatic rings. The highest BCUT2D eigenvalue weighted by Gasteiger charge is 2.21. The van der Waals surface area contributed by atoms with Crippen LogP contribution in [0.4, 0.5) is 21.0 Å². The Labute approximate surface area is 266 Å². The molecule has 0 aliphatic heterocycles. The molecule has 2 aromatic carbocycles. The number of hydrogen-bond donors (Lipinski definition) is 8. The van der Waals surface area contributed by atoms with E-state index in [0.29, 0.717) is 37.1 Å². The van der Waals surface area contributed by atoms with Crippen molar-refractivity contribution in [3.63, 3.8) is 0 Å². The van der Waals surface area contributed by atoms with Crippen LogP contribution in [0.25, 0.3) is 0 Å². The number of nitrogens with two attached hydrogens (primary N) is 4. The minimum absolute atomic E-state index is 0.0444. The Kier molecular flexibility index (Phi) is 13.9. The average Bonchev–Trinajstić information content (AvgIpc) is 3.00. The number of carbonyl (C=O) groups excluding carboxylic acids is 4. The van der Waals surface area contributed by atoms with E-state index in [0.717, 1.165) is 24.0 Å². The molecule has 16 nitrogen and oxygen atoms in total. The number of alkyl carbamates (subject to hydrolysis) is 2. The molecular weight excluding hydrogens is 596 g/mol. The number of aliphatic imine (C=N–C) groups is 2. The maximum Gasteiger partial charge on any atom is 0.407 e. The summed E-state index contributed by atoms with van der Waals surface area (Å²) in [6.45, 7) is -0.318. The van der Waals surface area contributed by atoms with Gasteiger partial charge in [0.25, 0.3) is 11.8 Å². The fourth-order valence-electron chi connectivity index (χ4n) is 4.66. The molecular formula is C30H42N10O6. The van der Waals surface area contributed by atoms with Gasteiger partial charge in [0, 0.05) is 25.2 Å². The SMILES string of the molecule is NC(N)=Nc1ccc(CNC(=O)COC(=O)NC2CCCC(NC(=O)OCC(=O)NCc3ccc(N=C(N)N)cc3)CCC2)cc1. The lowest BCUT2D eigenvalue weighted by Gasteiger charge is -2.25. The van der Waals surface area contributed by atoms with Gasteiger partial charge in [0.05, 0.1) is 11.4 Å². The number of benzene rings is 2. The van der Waals surface area contributed by atoms with Crippen LogP contribution in [0.3, 0.4) is 0 Å². The van der Waals surface area contributed by atoms with Gasteiger partial charge in [-0.05, 0) is 73.9 Å². The average molecular weight is 639 g/mol. The number of nitrogens with zero attached hydrogens (tertiary/aromatic N) is 2. The summed E-state index contributed by atoms with van der Waals surface area (Å²) in [4.78, 5) is 56.6. The van der Waals surface area contributed by atoms with Gasteiger partial charge in [0.2, 0.25) is 0 Å². The van der Waals surface area contributed by atoms with E-state index in [9.17, 15) is 19.2 Å². The van der Waals surface area contributed by atoms with Gasteiger partial charge in [0.15, 0.2) is 25.1 Å². The predicted octanol–water partition coefficient (Wildman–Crippen LogP) is 0.973. The largest absolute Gasteiger partial charge is 0.439 e. The standard InChI is InChI=1S/C30H42N10O6/c31-27(32)37-23-11-7-19(8-12-23)15-35-25(41)17-45-29(43)39-21-3-1-4-22(6-2-5-21)40-30(44)46-18-26(42)36-16-20-9-13-24(14-10-20)38-28(33)34/h7-14,21-22H,1-6,15-18H2,(H,35,41)(H,36,42)(H,39,43)(H,40,44)(H4,31,32,37)(H4,33,34,38). The van der Waals surface area contributed by atoms with Crippen LogP contribution >= 0.6 is 0 Å². The first kappa shape index (κ1) is 34.9. The van der Waals surface area contributed by atoms with Crippen LogP contribution in [0.1, 0.15) is 49.7 Å². The van der Waals surface area contributed by atoms with E-state index in [1.54, 1.807) is 48.5 Å². The highest BCUT2D eigenvalue weighted by Crippen LogP contribution is 2.18. The number of guanidine groups is 2. The second-order valence-electron chi connectivity index (χ2n) is 10.7. The van der Waals surface area contributed by atoms with Crippen LogP contribution in [0.15, 0.2) is 58.5 Å². The van der Waals surface area contributed by atoms with Crippen LogP contribution < -0.4 is 44.2 Å². The summed E-state index contributed by atoms with van der Waals surface area (Å²) in [7, 11) is 0. The van der Waals surface area contributed by atoms with Gasteiger partial charge in [-0.15, -0.1) is 0 Å². The molecule has 1 saturated carbocycles. The molecule has 4 amide bonds. The third-order valence-electron chi connectivity index (χ3n) is 6.89. The zero-order valence-electron chi connectivity index (χ0n) is 25.5. The molecule has 0 atom stereocenters. The highest BCUT2D eigenvalue weighted by atomic mass is 16.6. The molecule has 0 radical (unpaired) electrons. The van der Waals surface area contributed by atoms with Gasteiger partial charge < -0.3 is 53.7 Å². The van der Waals surface area contributed by atoms with Crippen molar-refractivity contribution in [3.05, 3.63) is 59.7 Å². The molecule has 3 rings (SSSR count). The number of nitrogens with one attached hydrogen (secondary N) is 4. The maximum atomic E-state index is 12.3. The van der Waals surface area contributed by atoms with Gasteiger partial charge in [-0.1, -0.05) is 24.3 Å². The fraction of sp³-hybridized carbons (Fsp3) is 0.400. The highest BCUT2D eigenvalue weighted by molar-refractivity contribution is 5.81. The Morgan fingerprint density at radius 3 is 1.28 bits per heavy atom. The molecule has 1 fully saturated rings. The van der Waals surface area contributed by atoms with Crippen molar-refractivity contribution in [3.8, 4) is 0 Å². The molecule has 0 unspecified atom stereocenters. The predicted molar refractivity (Wildman–Crippen MR) is 172 cm³/mol. The lowest BCUT2D eigenvalue weighted by atomic mass is 9.93. The van der Waals surface area contributed by atoms with Crippen molar-refractivity contribution in [1.29, 1.82) is 0 Å². The first-order chi connectivity index (χ1) is 22.0. The second kappa shape index (κ2) is 18.3. The molecule has 248 valence electrons. The third kappa shape index (κ3) is 13.8. The molecule has 12 N–H and O–H groups in total. The second-order valence-corrected chi connectivity index (χ2v) is 10.7. The van der Waals surface area contributed by atoms with E-state index >= 15 is 0 Å². The van der Waals surface area contributed by atoms with E-state index in [1.165, 1.54) is 0 Å². The van der Waals surface area contributed by atoms with Gasteiger partial charge in [-0.25, -0.2) is 19.6 Å².